The first-order valence-corrected chi connectivity index (χ1v) is 12.2. The smallest absolute Gasteiger partial charge is 0.450 e. The van der Waals surface area contributed by atoms with Crippen LogP contribution in [0.4, 0.5) is 26.3 Å². The van der Waals surface area contributed by atoms with Gasteiger partial charge in [-0.15, -0.1) is 0 Å². The van der Waals surface area contributed by atoms with Crippen LogP contribution in [0.5, 0.6) is 5.75 Å². The maximum absolute atomic E-state index is 14.1. The molecule has 0 spiro atoms. The predicted octanol–water partition coefficient (Wildman–Crippen LogP) is 4.04. The van der Waals surface area contributed by atoms with Crippen molar-refractivity contribution >= 4 is 48.7 Å². The van der Waals surface area contributed by atoms with Crippen molar-refractivity contribution in [3.63, 3.8) is 0 Å². The normalized spacial score (nSPS) is 13.5. The summed E-state index contributed by atoms with van der Waals surface area (Å²) in [6.07, 6.45) is 0.877. The fourth-order valence-corrected chi connectivity index (χ4v) is 4.56. The molecule has 2 aromatic carbocycles. The van der Waals surface area contributed by atoms with E-state index in [4.69, 9.17) is 9.29 Å². The predicted molar refractivity (Wildman–Crippen MR) is 107 cm³/mol. The van der Waals surface area contributed by atoms with Gasteiger partial charge in [-0.3, -0.25) is 4.55 Å². The average molecular weight is 554 g/mol. The van der Waals surface area contributed by atoms with Gasteiger partial charge in [0.1, 0.15) is 5.94 Å². The fraction of sp³-hybridized carbons (Fsp3) is 0.235. The van der Waals surface area contributed by atoms with Crippen LogP contribution in [-0.4, -0.2) is 49.7 Å². The highest BCUT2D eigenvalue weighted by Crippen LogP contribution is 2.51. The molecule has 0 radical (unpaired) electrons. The number of rotatable bonds is 10. The molecule has 0 heterocycles. The maximum atomic E-state index is 14.1. The zero-order valence-electron chi connectivity index (χ0n) is 16.3. The Morgan fingerprint density at radius 3 is 2.06 bits per heavy atom. The number of carbonyl (C=O) groups is 1. The van der Waals surface area contributed by atoms with Crippen LogP contribution < -0.4 is 4.18 Å². The van der Waals surface area contributed by atoms with Crippen LogP contribution in [0.25, 0.3) is 10.8 Å². The van der Waals surface area contributed by atoms with Gasteiger partial charge < -0.3 is 8.92 Å². The summed E-state index contributed by atoms with van der Waals surface area (Å²) in [5.41, 5.74) is 0. The largest absolute Gasteiger partial charge is 0.451 e. The van der Waals surface area contributed by atoms with E-state index in [0.717, 1.165) is 36.0 Å². The second-order valence-corrected chi connectivity index (χ2v) is 10.2. The molecule has 1 N–H and O–H groups in total. The van der Waals surface area contributed by atoms with E-state index >= 15 is 0 Å². The minimum atomic E-state index is -7.16. The molecule has 17 heteroatoms. The summed E-state index contributed by atoms with van der Waals surface area (Å²) < 4.78 is 144. The number of alkyl halides is 6. The van der Waals surface area contributed by atoms with Crippen LogP contribution in [0, 0.1) is 0 Å². The number of carbonyl (C=O) groups excluding carboxylic acids is 1. The van der Waals surface area contributed by atoms with Crippen molar-refractivity contribution in [2.45, 2.75) is 21.3 Å². The van der Waals surface area contributed by atoms with Crippen molar-refractivity contribution in [1.29, 1.82) is 0 Å². The first kappa shape index (κ1) is 27.7. The lowest BCUT2D eigenvalue weighted by Crippen LogP contribution is -2.61. The van der Waals surface area contributed by atoms with Gasteiger partial charge in [0.15, 0.2) is 5.75 Å². The first-order valence-electron chi connectivity index (χ1n) is 8.39. The Bertz CT molecular complexity index is 1330. The highest BCUT2D eigenvalue weighted by atomic mass is 32.2. The number of halogens is 6. The highest BCUT2D eigenvalue weighted by Gasteiger charge is 2.83. The Kier molecular flexibility index (Phi) is 7.57. The lowest BCUT2D eigenvalue weighted by Gasteiger charge is -2.29. The number of hydrogen-bond acceptors (Lipinski definition) is 8. The van der Waals surface area contributed by atoms with Crippen molar-refractivity contribution in [1.82, 2.24) is 0 Å². The van der Waals surface area contributed by atoms with Gasteiger partial charge in [0.05, 0.1) is 0 Å². The molecule has 2 rings (SSSR count). The number of fused-ring (bicyclic) bond motifs is 1. The van der Waals surface area contributed by atoms with Crippen LogP contribution in [-0.2, 0) is 29.8 Å². The summed E-state index contributed by atoms with van der Waals surface area (Å²) in [6.45, 7) is 3.18. The number of benzene rings is 2. The minimum Gasteiger partial charge on any atom is -0.451 e. The van der Waals surface area contributed by atoms with E-state index in [1.54, 1.807) is 0 Å². The third kappa shape index (κ3) is 4.82. The summed E-state index contributed by atoms with van der Waals surface area (Å²) in [4.78, 5) is 11.4. The topological polar surface area (TPSA) is 124 Å². The van der Waals surface area contributed by atoms with E-state index in [-0.39, 0.29) is 21.6 Å². The second kappa shape index (κ2) is 9.27. The first-order chi connectivity index (χ1) is 15.4. The van der Waals surface area contributed by atoms with Gasteiger partial charge in [-0.2, -0.15) is 43.2 Å². The Morgan fingerprint density at radius 1 is 0.971 bits per heavy atom. The molecule has 8 nitrogen and oxygen atoms in total. The van der Waals surface area contributed by atoms with Gasteiger partial charge in [-0.1, -0.05) is 42.6 Å². The zero-order valence-corrected chi connectivity index (χ0v) is 18.7. The van der Waals surface area contributed by atoms with Crippen molar-refractivity contribution < 1.29 is 61.4 Å². The van der Waals surface area contributed by atoms with Crippen LogP contribution in [0.3, 0.4) is 0 Å². The molecule has 0 fully saturated rings. The van der Waals surface area contributed by atoms with Crippen LogP contribution in [0.1, 0.15) is 0 Å². The highest BCUT2D eigenvalue weighted by molar-refractivity contribution is 7.99. The van der Waals surface area contributed by atoms with Crippen LogP contribution in [0.2, 0.25) is 0 Å². The summed E-state index contributed by atoms with van der Waals surface area (Å²) in [7, 11) is -14.1. The number of thioether (sulfide) groups is 1. The van der Waals surface area contributed by atoms with Crippen molar-refractivity contribution in [2.24, 2.45) is 0 Å². The van der Waals surface area contributed by atoms with Gasteiger partial charge >= 0.3 is 42.6 Å². The molecule has 0 saturated carbocycles. The molecule has 0 atom stereocenters. The van der Waals surface area contributed by atoms with Gasteiger partial charge in [-0.25, -0.2) is 4.79 Å². The standard InChI is InChI=1S/C17H12F6O8S3/c1-2-14(24)30-9-32-13-8-7-12(10-5-3-4-6-11(10)13)31-34(28,29)17(22,23)15(18,19)16(20,21)33(25,26)27/h2-8H,1,9H2,(H,25,26,27). The molecule has 0 aliphatic rings. The fourth-order valence-electron chi connectivity index (χ4n) is 2.31. The molecule has 2 aromatic rings. The van der Waals surface area contributed by atoms with E-state index in [0.29, 0.717) is 0 Å². The van der Waals surface area contributed by atoms with Crippen molar-refractivity contribution in [2.75, 3.05) is 5.94 Å². The van der Waals surface area contributed by atoms with E-state index in [9.17, 15) is 48.0 Å². The van der Waals surface area contributed by atoms with Crippen molar-refractivity contribution in [3.05, 3.63) is 49.1 Å². The lowest BCUT2D eigenvalue weighted by atomic mass is 10.1. The number of ether oxygens (including phenoxy) is 1. The van der Waals surface area contributed by atoms with E-state index in [1.807, 2.05) is 0 Å². The molecule has 0 unspecified atom stereocenters. The van der Waals surface area contributed by atoms with Gasteiger partial charge in [-0.05, 0) is 17.5 Å². The van der Waals surface area contributed by atoms with Gasteiger partial charge in [0, 0.05) is 16.4 Å². The Morgan fingerprint density at radius 2 is 1.53 bits per heavy atom. The van der Waals surface area contributed by atoms with E-state index in [2.05, 4.69) is 10.8 Å². The summed E-state index contributed by atoms with van der Waals surface area (Å²) in [5, 5.41) is -13.8. The molecule has 0 aromatic heterocycles. The quantitative estimate of drug-likeness (QED) is 0.0882. The average Bonchev–Trinajstić information content (AvgIpc) is 2.73. The Labute approximate surface area is 192 Å². The minimum absolute atomic E-state index is 0.105. The molecule has 0 bridgehead atoms. The molecule has 0 aliphatic heterocycles. The summed E-state index contributed by atoms with van der Waals surface area (Å²) >= 11 is 0.879. The number of esters is 1. The Hall–Kier alpha value is -2.50. The third-order valence-electron chi connectivity index (χ3n) is 3.99. The zero-order chi connectivity index (χ0) is 26.2. The molecule has 188 valence electrons. The van der Waals surface area contributed by atoms with E-state index in [1.165, 1.54) is 18.2 Å². The summed E-state index contributed by atoms with van der Waals surface area (Å²) in [6, 6.07) is 6.92. The summed E-state index contributed by atoms with van der Waals surface area (Å²) in [5.74, 6) is -9.16. The SMILES string of the molecule is C=CC(=O)OCSc1ccc(OS(=O)(=O)C(F)(F)C(F)(F)C(F)(F)S(=O)(=O)O)c2ccccc12. The maximum Gasteiger partial charge on any atom is 0.450 e. The van der Waals surface area contributed by atoms with Gasteiger partial charge in [0.25, 0.3) is 0 Å². The van der Waals surface area contributed by atoms with Crippen LogP contribution in [0.15, 0.2) is 53.9 Å². The second-order valence-electron chi connectivity index (χ2n) is 6.16. The number of hydrogen-bond donors (Lipinski definition) is 1. The molecule has 0 saturated heterocycles. The molecular formula is C17H12F6O8S3. The lowest BCUT2D eigenvalue weighted by molar-refractivity contribution is -0.247. The monoisotopic (exact) mass is 554 g/mol. The molecule has 0 aliphatic carbocycles. The Balaban J connectivity index is 2.49. The molecular weight excluding hydrogens is 542 g/mol. The van der Waals surface area contributed by atoms with Crippen molar-refractivity contribution in [3.8, 4) is 5.75 Å². The van der Waals surface area contributed by atoms with Gasteiger partial charge in [0.2, 0.25) is 0 Å². The van der Waals surface area contributed by atoms with Crippen LogP contribution >= 0.6 is 11.8 Å². The molecule has 34 heavy (non-hydrogen) atoms. The third-order valence-corrected chi connectivity index (χ3v) is 7.09. The van der Waals surface area contributed by atoms with E-state index < -0.39 is 48.4 Å². The molecule has 0 amide bonds.